The summed E-state index contributed by atoms with van der Waals surface area (Å²) in [5.74, 6) is 1.35. The summed E-state index contributed by atoms with van der Waals surface area (Å²) in [5, 5.41) is 0. The van der Waals surface area contributed by atoms with Crippen molar-refractivity contribution in [3.05, 3.63) is 35.9 Å². The summed E-state index contributed by atoms with van der Waals surface area (Å²) in [7, 11) is 0. The Morgan fingerprint density at radius 1 is 1.16 bits per heavy atom. The third-order valence-electron chi connectivity index (χ3n) is 4.82. The second-order valence-corrected chi connectivity index (χ2v) is 6.46. The van der Waals surface area contributed by atoms with Crippen molar-refractivity contribution < 1.29 is 4.74 Å². The summed E-state index contributed by atoms with van der Waals surface area (Å²) < 4.78 is 6.14. The van der Waals surface area contributed by atoms with Crippen LogP contribution in [0.1, 0.15) is 45.2 Å². The van der Waals surface area contributed by atoms with E-state index < -0.39 is 0 Å². The monoisotopic (exact) mass is 259 g/mol. The second-order valence-electron chi connectivity index (χ2n) is 6.46. The molecule has 2 nitrogen and oxygen atoms in total. The summed E-state index contributed by atoms with van der Waals surface area (Å²) in [6.45, 7) is 7.88. The van der Waals surface area contributed by atoms with Crippen molar-refractivity contribution >= 4 is 0 Å². The van der Waals surface area contributed by atoms with Crippen LogP contribution < -0.4 is 0 Å². The molecule has 2 unspecified atom stereocenters. The van der Waals surface area contributed by atoms with Gasteiger partial charge in [0.05, 0.1) is 12.6 Å². The summed E-state index contributed by atoms with van der Waals surface area (Å²) in [6, 6.07) is 12.0. The van der Waals surface area contributed by atoms with Crippen molar-refractivity contribution in [2.75, 3.05) is 6.61 Å². The number of nitrogens with zero attached hydrogens (tertiary/aromatic N) is 1. The second kappa shape index (κ2) is 5.26. The third-order valence-corrected chi connectivity index (χ3v) is 4.82. The van der Waals surface area contributed by atoms with Crippen LogP contribution in [0.5, 0.6) is 0 Å². The zero-order chi connectivity index (χ0) is 13.4. The summed E-state index contributed by atoms with van der Waals surface area (Å²) in [5.41, 5.74) is 1.41. The topological polar surface area (TPSA) is 12.5 Å². The first kappa shape index (κ1) is 13.1. The number of benzene rings is 1. The van der Waals surface area contributed by atoms with E-state index in [2.05, 4.69) is 56.0 Å². The molecule has 0 bridgehead atoms. The summed E-state index contributed by atoms with van der Waals surface area (Å²) >= 11 is 0. The van der Waals surface area contributed by atoms with Crippen LogP contribution in [-0.4, -0.2) is 23.8 Å². The predicted octanol–water partition coefficient (Wildman–Crippen LogP) is 3.84. The zero-order valence-electron chi connectivity index (χ0n) is 12.3. The maximum Gasteiger partial charge on any atom is 0.114 e. The Kier molecular flexibility index (Phi) is 3.64. The van der Waals surface area contributed by atoms with Crippen LogP contribution in [0.25, 0.3) is 0 Å². The van der Waals surface area contributed by atoms with E-state index in [0.717, 1.165) is 6.61 Å². The maximum atomic E-state index is 6.14. The Balaban J connectivity index is 1.90. The van der Waals surface area contributed by atoms with Gasteiger partial charge in [0.15, 0.2) is 0 Å². The molecule has 19 heavy (non-hydrogen) atoms. The van der Waals surface area contributed by atoms with Gasteiger partial charge < -0.3 is 4.74 Å². The van der Waals surface area contributed by atoms with Gasteiger partial charge in [-0.15, -0.1) is 0 Å². The Bertz CT molecular complexity index is 417. The number of fused-ring (bicyclic) bond motifs is 1. The molecule has 0 radical (unpaired) electrons. The van der Waals surface area contributed by atoms with Gasteiger partial charge in [-0.3, -0.25) is 4.90 Å². The highest BCUT2D eigenvalue weighted by atomic mass is 16.5. The van der Waals surface area contributed by atoms with Crippen LogP contribution in [0.3, 0.4) is 0 Å². The molecule has 2 aliphatic rings. The van der Waals surface area contributed by atoms with E-state index in [9.17, 15) is 0 Å². The Hall–Kier alpha value is -0.860. The number of ether oxygens (including phenoxy) is 1. The predicted molar refractivity (Wildman–Crippen MR) is 77.8 cm³/mol. The number of piperidine rings is 1. The van der Waals surface area contributed by atoms with Crippen molar-refractivity contribution in [2.45, 2.75) is 51.9 Å². The van der Waals surface area contributed by atoms with E-state index in [1.54, 1.807) is 0 Å². The molecule has 0 N–H and O–H groups in total. The minimum absolute atomic E-state index is 0.325. The molecule has 4 atom stereocenters. The van der Waals surface area contributed by atoms with E-state index in [4.69, 9.17) is 4.74 Å². The molecule has 0 spiro atoms. The highest BCUT2D eigenvalue weighted by Gasteiger charge is 2.45. The average molecular weight is 259 g/mol. The molecule has 1 aromatic carbocycles. The first-order valence-electron chi connectivity index (χ1n) is 7.62. The summed E-state index contributed by atoms with van der Waals surface area (Å²) in [6.07, 6.45) is 2.93. The van der Waals surface area contributed by atoms with Crippen molar-refractivity contribution in [2.24, 2.45) is 11.8 Å². The molecule has 0 amide bonds. The van der Waals surface area contributed by atoms with E-state index in [1.165, 1.54) is 18.4 Å². The van der Waals surface area contributed by atoms with Crippen LogP contribution in [0.2, 0.25) is 0 Å². The maximum absolute atomic E-state index is 6.14. The fourth-order valence-electron chi connectivity index (χ4n) is 3.76. The van der Waals surface area contributed by atoms with Crippen molar-refractivity contribution in [3.8, 4) is 0 Å². The highest BCUT2D eigenvalue weighted by molar-refractivity contribution is 5.21. The quantitative estimate of drug-likeness (QED) is 0.800. The molecule has 1 aromatic rings. The van der Waals surface area contributed by atoms with Gasteiger partial charge >= 0.3 is 0 Å². The van der Waals surface area contributed by atoms with E-state index in [0.29, 0.717) is 30.1 Å². The number of rotatable bonds is 2. The normalized spacial score (nSPS) is 35.6. The molecule has 0 aromatic heterocycles. The lowest BCUT2D eigenvalue weighted by atomic mass is 9.85. The Morgan fingerprint density at radius 3 is 2.58 bits per heavy atom. The van der Waals surface area contributed by atoms with E-state index in [-0.39, 0.29) is 0 Å². The SMILES string of the molecule is CC(C)[C@H]1CC[C@@H](C)C2OCC(c3ccccc3)N21. The number of hydrogen-bond donors (Lipinski definition) is 0. The van der Waals surface area contributed by atoms with Gasteiger partial charge in [0.2, 0.25) is 0 Å². The molecular weight excluding hydrogens is 234 g/mol. The molecule has 2 saturated heterocycles. The molecule has 104 valence electrons. The molecule has 2 aliphatic heterocycles. The molecular formula is C17H25NO. The van der Waals surface area contributed by atoms with E-state index in [1.807, 2.05) is 0 Å². The fraction of sp³-hybridized carbons (Fsp3) is 0.647. The third kappa shape index (κ3) is 2.32. The van der Waals surface area contributed by atoms with Crippen molar-refractivity contribution in [1.82, 2.24) is 4.90 Å². The fourth-order valence-corrected chi connectivity index (χ4v) is 3.76. The standard InChI is InChI=1S/C17H25NO/c1-12(2)15-10-9-13(3)17-18(15)16(11-19-17)14-7-5-4-6-8-14/h4-8,12-13,15-17H,9-11H2,1-3H3/t13-,15-,16?,17?/m1/s1. The van der Waals surface area contributed by atoms with Gasteiger partial charge in [0.25, 0.3) is 0 Å². The van der Waals surface area contributed by atoms with Gasteiger partial charge in [-0.1, -0.05) is 51.1 Å². The van der Waals surface area contributed by atoms with Gasteiger partial charge in [-0.2, -0.15) is 0 Å². The average Bonchev–Trinajstić information content (AvgIpc) is 2.85. The molecule has 0 saturated carbocycles. The minimum Gasteiger partial charge on any atom is -0.361 e. The Morgan fingerprint density at radius 2 is 1.89 bits per heavy atom. The van der Waals surface area contributed by atoms with Gasteiger partial charge in [0, 0.05) is 6.04 Å². The number of hydrogen-bond acceptors (Lipinski definition) is 2. The summed E-state index contributed by atoms with van der Waals surface area (Å²) in [4.78, 5) is 2.66. The molecule has 2 heterocycles. The van der Waals surface area contributed by atoms with Gasteiger partial charge in [-0.05, 0) is 30.2 Å². The molecule has 2 fully saturated rings. The largest absolute Gasteiger partial charge is 0.361 e. The van der Waals surface area contributed by atoms with Crippen LogP contribution in [0.15, 0.2) is 30.3 Å². The lowest BCUT2D eigenvalue weighted by molar-refractivity contribution is -0.0722. The minimum atomic E-state index is 0.325. The lowest BCUT2D eigenvalue weighted by Crippen LogP contribution is -2.50. The lowest BCUT2D eigenvalue weighted by Gasteiger charge is -2.44. The van der Waals surface area contributed by atoms with Crippen molar-refractivity contribution in [3.63, 3.8) is 0 Å². The first-order valence-corrected chi connectivity index (χ1v) is 7.62. The zero-order valence-corrected chi connectivity index (χ0v) is 12.3. The molecule has 0 aliphatic carbocycles. The van der Waals surface area contributed by atoms with Crippen LogP contribution >= 0.6 is 0 Å². The first-order chi connectivity index (χ1) is 9.18. The van der Waals surface area contributed by atoms with E-state index >= 15 is 0 Å². The van der Waals surface area contributed by atoms with Gasteiger partial charge in [0.1, 0.15) is 6.23 Å². The smallest absolute Gasteiger partial charge is 0.114 e. The van der Waals surface area contributed by atoms with Crippen LogP contribution in [-0.2, 0) is 4.74 Å². The van der Waals surface area contributed by atoms with Gasteiger partial charge in [-0.25, -0.2) is 0 Å². The Labute approximate surface area is 116 Å². The van der Waals surface area contributed by atoms with Crippen LogP contribution in [0.4, 0.5) is 0 Å². The highest BCUT2D eigenvalue weighted by Crippen LogP contribution is 2.42. The van der Waals surface area contributed by atoms with Crippen LogP contribution in [0, 0.1) is 11.8 Å². The molecule has 2 heteroatoms. The van der Waals surface area contributed by atoms with Crippen molar-refractivity contribution in [1.29, 1.82) is 0 Å². The molecule has 3 rings (SSSR count).